The number of hydrogen-bond donors (Lipinski definition) is 1. The molecule has 1 N–H and O–H groups in total. The Morgan fingerprint density at radius 1 is 1.06 bits per heavy atom. The number of benzene rings is 2. The number of rotatable bonds is 5. The number of fused-ring (bicyclic) bond motifs is 1. The summed E-state index contributed by atoms with van der Waals surface area (Å²) in [6.07, 6.45) is 11.1. The van der Waals surface area contributed by atoms with Gasteiger partial charge in [0.1, 0.15) is 5.82 Å². The third-order valence-corrected chi connectivity index (χ3v) is 6.70. The first-order chi connectivity index (χ1) is 16.0. The van der Waals surface area contributed by atoms with Crippen molar-refractivity contribution in [2.24, 2.45) is 7.05 Å². The highest BCUT2D eigenvalue weighted by Gasteiger charge is 2.23. The van der Waals surface area contributed by atoms with Crippen LogP contribution in [0.3, 0.4) is 0 Å². The number of nitrogens with zero attached hydrogens (tertiary/aromatic N) is 3. The molecule has 1 amide bonds. The van der Waals surface area contributed by atoms with Crippen LogP contribution in [0.25, 0.3) is 22.0 Å². The van der Waals surface area contributed by atoms with Gasteiger partial charge < -0.3 is 9.88 Å². The van der Waals surface area contributed by atoms with E-state index in [4.69, 9.17) is 0 Å². The molecule has 6 heteroatoms. The van der Waals surface area contributed by atoms with E-state index < -0.39 is 0 Å². The van der Waals surface area contributed by atoms with E-state index in [0.717, 1.165) is 53.5 Å². The summed E-state index contributed by atoms with van der Waals surface area (Å²) >= 11 is 0. The molecule has 1 aliphatic carbocycles. The maximum atomic E-state index is 15.0. The lowest BCUT2D eigenvalue weighted by Crippen LogP contribution is -2.36. The van der Waals surface area contributed by atoms with E-state index in [0.29, 0.717) is 17.5 Å². The maximum absolute atomic E-state index is 15.0. The van der Waals surface area contributed by atoms with E-state index in [1.807, 2.05) is 37.1 Å². The lowest BCUT2D eigenvalue weighted by atomic mass is 9.95. The van der Waals surface area contributed by atoms with Crippen LogP contribution in [0.4, 0.5) is 4.39 Å². The van der Waals surface area contributed by atoms with Crippen molar-refractivity contribution in [3.8, 4) is 11.1 Å². The second-order valence-corrected chi connectivity index (χ2v) is 9.17. The van der Waals surface area contributed by atoms with Crippen LogP contribution in [0, 0.1) is 12.7 Å². The molecule has 0 bridgehead atoms. The molecule has 33 heavy (non-hydrogen) atoms. The number of aromatic nitrogens is 3. The van der Waals surface area contributed by atoms with Crippen molar-refractivity contribution in [3.05, 3.63) is 77.5 Å². The number of carbonyl (C=O) groups is 1. The van der Waals surface area contributed by atoms with Crippen LogP contribution >= 0.6 is 0 Å². The van der Waals surface area contributed by atoms with E-state index in [1.165, 1.54) is 12.5 Å². The van der Waals surface area contributed by atoms with Gasteiger partial charge in [0.2, 0.25) is 0 Å². The highest BCUT2D eigenvalue weighted by molar-refractivity contribution is 6.08. The quantitative estimate of drug-likeness (QED) is 0.436. The molecular formula is C27H29FN4O. The molecule has 1 saturated carbocycles. The van der Waals surface area contributed by atoms with Crippen molar-refractivity contribution in [2.45, 2.75) is 51.6 Å². The number of halogens is 1. The summed E-state index contributed by atoms with van der Waals surface area (Å²) in [5.74, 6) is -0.530. The molecule has 5 rings (SSSR count). The zero-order valence-corrected chi connectivity index (χ0v) is 19.1. The first kappa shape index (κ1) is 21.4. The van der Waals surface area contributed by atoms with Gasteiger partial charge in [-0.25, -0.2) is 4.39 Å². The second kappa shape index (κ2) is 8.85. The van der Waals surface area contributed by atoms with Gasteiger partial charge >= 0.3 is 0 Å². The fraction of sp³-hybridized carbons (Fsp3) is 0.333. The average Bonchev–Trinajstić information content (AvgIpc) is 3.42. The van der Waals surface area contributed by atoms with Crippen LogP contribution in [0.5, 0.6) is 0 Å². The van der Waals surface area contributed by atoms with Gasteiger partial charge in [0.15, 0.2) is 0 Å². The van der Waals surface area contributed by atoms with Crippen molar-refractivity contribution in [1.29, 1.82) is 0 Å². The Hall–Kier alpha value is -3.41. The summed E-state index contributed by atoms with van der Waals surface area (Å²) in [4.78, 5) is 13.2. The third-order valence-electron chi connectivity index (χ3n) is 6.70. The van der Waals surface area contributed by atoms with Gasteiger partial charge in [-0.1, -0.05) is 49.6 Å². The van der Waals surface area contributed by atoms with Gasteiger partial charge in [-0.05, 0) is 42.5 Å². The molecule has 5 nitrogen and oxygen atoms in total. The summed E-state index contributed by atoms with van der Waals surface area (Å²) in [6.45, 7) is 2.53. The van der Waals surface area contributed by atoms with E-state index in [1.54, 1.807) is 10.7 Å². The smallest absolute Gasteiger partial charge is 0.253 e. The molecule has 2 aromatic heterocycles. The largest absolute Gasteiger partial charge is 0.349 e. The Kier molecular flexibility index (Phi) is 5.75. The Morgan fingerprint density at radius 3 is 2.52 bits per heavy atom. The number of nitrogens with one attached hydrogen (secondary N) is 1. The van der Waals surface area contributed by atoms with Gasteiger partial charge in [-0.2, -0.15) is 5.10 Å². The topological polar surface area (TPSA) is 51.9 Å². The highest BCUT2D eigenvalue weighted by Crippen LogP contribution is 2.29. The Labute approximate surface area is 193 Å². The zero-order valence-electron chi connectivity index (χ0n) is 19.1. The van der Waals surface area contributed by atoms with Crippen LogP contribution in [0.2, 0.25) is 0 Å². The van der Waals surface area contributed by atoms with Crippen molar-refractivity contribution >= 4 is 16.8 Å². The van der Waals surface area contributed by atoms with E-state index in [9.17, 15) is 9.18 Å². The lowest BCUT2D eigenvalue weighted by molar-refractivity contribution is 0.0929. The van der Waals surface area contributed by atoms with Crippen LogP contribution in [0.1, 0.15) is 53.6 Å². The van der Waals surface area contributed by atoms with Crippen LogP contribution in [0.15, 0.2) is 55.0 Å². The Morgan fingerprint density at radius 2 is 1.82 bits per heavy atom. The number of aryl methyl sites for hydroxylation is 2. The third kappa shape index (κ3) is 4.30. The SMILES string of the molecule is Cc1ccc(F)c2c(C(=O)NC3CCCCC3)cn(Cc3ccc(-c4cnn(C)c4)cc3)c12. The van der Waals surface area contributed by atoms with E-state index in [-0.39, 0.29) is 17.8 Å². The van der Waals surface area contributed by atoms with E-state index in [2.05, 4.69) is 34.7 Å². The summed E-state index contributed by atoms with van der Waals surface area (Å²) in [6, 6.07) is 11.7. The fourth-order valence-corrected chi connectivity index (χ4v) is 4.96. The first-order valence-electron chi connectivity index (χ1n) is 11.7. The molecule has 0 saturated heterocycles. The maximum Gasteiger partial charge on any atom is 0.253 e. The fourth-order valence-electron chi connectivity index (χ4n) is 4.96. The molecule has 0 aliphatic heterocycles. The standard InChI is InChI=1S/C27H29FN4O/c1-18-8-13-24(28)25-23(27(33)30-22-6-4-3-5-7-22)17-32(26(18)25)15-19-9-11-20(12-10-19)21-14-29-31(2)16-21/h8-14,16-17,22H,3-7,15H2,1-2H3,(H,30,33). The van der Waals surface area contributed by atoms with Gasteiger partial charge in [-0.3, -0.25) is 9.48 Å². The molecule has 0 spiro atoms. The molecule has 0 atom stereocenters. The summed E-state index contributed by atoms with van der Waals surface area (Å²) in [5.41, 5.74) is 5.40. The van der Waals surface area contributed by atoms with Crippen molar-refractivity contribution in [1.82, 2.24) is 19.7 Å². The molecule has 2 aromatic carbocycles. The summed E-state index contributed by atoms with van der Waals surface area (Å²) < 4.78 is 18.7. The molecule has 0 unspecified atom stereocenters. The lowest BCUT2D eigenvalue weighted by Gasteiger charge is -2.22. The summed E-state index contributed by atoms with van der Waals surface area (Å²) in [5, 5.41) is 7.80. The molecule has 4 aromatic rings. The Bertz CT molecular complexity index is 1300. The van der Waals surface area contributed by atoms with Gasteiger partial charge in [0, 0.05) is 43.0 Å². The minimum absolute atomic E-state index is 0.178. The molecule has 170 valence electrons. The van der Waals surface area contributed by atoms with Gasteiger partial charge in [0.25, 0.3) is 5.91 Å². The molecule has 1 aliphatic rings. The predicted molar refractivity (Wildman–Crippen MR) is 129 cm³/mol. The highest BCUT2D eigenvalue weighted by atomic mass is 19.1. The minimum Gasteiger partial charge on any atom is -0.349 e. The van der Waals surface area contributed by atoms with Crippen LogP contribution in [-0.2, 0) is 13.6 Å². The number of amides is 1. The minimum atomic E-state index is -0.352. The molecular weight excluding hydrogens is 415 g/mol. The monoisotopic (exact) mass is 444 g/mol. The first-order valence-corrected chi connectivity index (χ1v) is 11.7. The van der Waals surface area contributed by atoms with Gasteiger partial charge in [-0.15, -0.1) is 0 Å². The zero-order chi connectivity index (χ0) is 22.9. The molecule has 2 heterocycles. The van der Waals surface area contributed by atoms with Crippen molar-refractivity contribution < 1.29 is 9.18 Å². The van der Waals surface area contributed by atoms with Crippen molar-refractivity contribution in [2.75, 3.05) is 0 Å². The predicted octanol–water partition coefficient (Wildman–Crippen LogP) is 5.60. The average molecular weight is 445 g/mol. The summed E-state index contributed by atoms with van der Waals surface area (Å²) in [7, 11) is 1.90. The van der Waals surface area contributed by atoms with Crippen LogP contribution < -0.4 is 5.32 Å². The number of hydrogen-bond acceptors (Lipinski definition) is 2. The van der Waals surface area contributed by atoms with Gasteiger partial charge in [0.05, 0.1) is 17.3 Å². The molecule has 1 fully saturated rings. The van der Waals surface area contributed by atoms with E-state index >= 15 is 0 Å². The molecule has 0 radical (unpaired) electrons. The number of carbonyl (C=O) groups excluding carboxylic acids is 1. The van der Waals surface area contributed by atoms with Crippen LogP contribution in [-0.4, -0.2) is 26.3 Å². The normalized spacial score (nSPS) is 14.6. The van der Waals surface area contributed by atoms with Crippen molar-refractivity contribution in [3.63, 3.8) is 0 Å². The Balaban J connectivity index is 1.46. The second-order valence-electron chi connectivity index (χ2n) is 9.17.